The zero-order valence-corrected chi connectivity index (χ0v) is 13.3. The maximum Gasteiger partial charge on any atom is 0.251 e. The Balaban J connectivity index is 2.00. The van der Waals surface area contributed by atoms with Gasteiger partial charge in [-0.15, -0.1) is 0 Å². The number of nitrogens with one attached hydrogen (secondary N) is 1. The third-order valence-electron chi connectivity index (χ3n) is 2.60. The van der Waals surface area contributed by atoms with Gasteiger partial charge in [0, 0.05) is 18.3 Å². The second kappa shape index (κ2) is 6.98. The van der Waals surface area contributed by atoms with Crippen molar-refractivity contribution in [3.63, 3.8) is 0 Å². The van der Waals surface area contributed by atoms with Crippen LogP contribution in [-0.4, -0.2) is 16.6 Å². The number of amides is 1. The van der Waals surface area contributed by atoms with Crippen molar-refractivity contribution in [1.82, 2.24) is 4.98 Å². The fourth-order valence-corrected chi connectivity index (χ4v) is 2.58. The molecule has 0 saturated heterocycles. The highest BCUT2D eigenvalue weighted by molar-refractivity contribution is 7.99. The summed E-state index contributed by atoms with van der Waals surface area (Å²) in [6.45, 7) is 1.74. The Morgan fingerprint density at radius 2 is 2.24 bits per heavy atom. The van der Waals surface area contributed by atoms with Crippen LogP contribution >= 0.6 is 35.0 Å². The van der Waals surface area contributed by atoms with Gasteiger partial charge in [0.05, 0.1) is 15.8 Å². The largest absolute Gasteiger partial charge is 0.618 e. The van der Waals surface area contributed by atoms with Crippen molar-refractivity contribution < 1.29 is 9.52 Å². The zero-order chi connectivity index (χ0) is 15.4. The normalized spacial score (nSPS) is 10.4. The molecule has 0 saturated carbocycles. The summed E-state index contributed by atoms with van der Waals surface area (Å²) in [7, 11) is 0. The lowest BCUT2D eigenvalue weighted by Crippen LogP contribution is -2.28. The van der Waals surface area contributed by atoms with Gasteiger partial charge in [0.1, 0.15) is 0 Å². The van der Waals surface area contributed by atoms with Crippen LogP contribution in [0.5, 0.6) is 0 Å². The first-order valence-electron chi connectivity index (χ1n) is 5.90. The standard InChI is InChI=1S/C13H11Cl2N3O2S/c1-8-9(14)6-16-13(12(8)15)17-10(19)7-21-11-4-2-3-5-18(11)20/h2-6H,7H2,1H3,(H,16,17,19). The van der Waals surface area contributed by atoms with E-state index in [4.69, 9.17) is 23.2 Å². The van der Waals surface area contributed by atoms with Crippen molar-refractivity contribution in [2.24, 2.45) is 0 Å². The van der Waals surface area contributed by atoms with Crippen LogP contribution in [0.3, 0.4) is 0 Å². The molecule has 0 aromatic carbocycles. The third-order valence-corrected chi connectivity index (χ3v) is 4.46. The maximum absolute atomic E-state index is 11.9. The molecule has 2 rings (SSSR count). The average molecular weight is 344 g/mol. The van der Waals surface area contributed by atoms with Gasteiger partial charge in [-0.05, 0) is 30.3 Å². The minimum Gasteiger partial charge on any atom is -0.618 e. The number of thioether (sulfide) groups is 1. The van der Waals surface area contributed by atoms with E-state index < -0.39 is 0 Å². The number of hydrogen-bond donors (Lipinski definition) is 1. The van der Waals surface area contributed by atoms with Crippen molar-refractivity contribution in [3.8, 4) is 0 Å². The molecular formula is C13H11Cl2N3O2S. The fourth-order valence-electron chi connectivity index (χ4n) is 1.48. The van der Waals surface area contributed by atoms with Crippen LogP contribution in [0.4, 0.5) is 5.82 Å². The summed E-state index contributed by atoms with van der Waals surface area (Å²) in [4.78, 5) is 15.8. The monoisotopic (exact) mass is 343 g/mol. The molecule has 1 amide bonds. The smallest absolute Gasteiger partial charge is 0.251 e. The molecule has 110 valence electrons. The molecule has 21 heavy (non-hydrogen) atoms. The highest BCUT2D eigenvalue weighted by Gasteiger charge is 2.13. The van der Waals surface area contributed by atoms with E-state index in [-0.39, 0.29) is 17.5 Å². The molecule has 5 nitrogen and oxygen atoms in total. The van der Waals surface area contributed by atoms with Gasteiger partial charge < -0.3 is 10.5 Å². The number of halogens is 2. The van der Waals surface area contributed by atoms with Crippen LogP contribution in [0.1, 0.15) is 5.56 Å². The average Bonchev–Trinajstić information content (AvgIpc) is 2.47. The molecule has 8 heteroatoms. The first kappa shape index (κ1) is 15.9. The molecular weight excluding hydrogens is 333 g/mol. The second-order valence-electron chi connectivity index (χ2n) is 4.10. The van der Waals surface area contributed by atoms with Crippen LogP contribution in [0.15, 0.2) is 35.6 Å². The van der Waals surface area contributed by atoms with Gasteiger partial charge in [-0.2, -0.15) is 4.73 Å². The van der Waals surface area contributed by atoms with E-state index >= 15 is 0 Å². The highest BCUT2D eigenvalue weighted by atomic mass is 35.5. The van der Waals surface area contributed by atoms with E-state index in [1.54, 1.807) is 25.1 Å². The second-order valence-corrected chi connectivity index (χ2v) is 5.88. The topological polar surface area (TPSA) is 68.9 Å². The molecule has 2 heterocycles. The van der Waals surface area contributed by atoms with Crippen LogP contribution in [0.2, 0.25) is 10.0 Å². The summed E-state index contributed by atoms with van der Waals surface area (Å²) < 4.78 is 0.704. The molecule has 0 aliphatic heterocycles. The van der Waals surface area contributed by atoms with Gasteiger partial charge in [-0.3, -0.25) is 4.79 Å². The molecule has 0 bridgehead atoms. The minimum absolute atomic E-state index is 0.0753. The summed E-state index contributed by atoms with van der Waals surface area (Å²) in [5.74, 6) is 0.0264. The van der Waals surface area contributed by atoms with Crippen LogP contribution in [-0.2, 0) is 4.79 Å². The highest BCUT2D eigenvalue weighted by Crippen LogP contribution is 2.28. The molecule has 0 aliphatic rings. The van der Waals surface area contributed by atoms with E-state index in [0.717, 1.165) is 11.8 Å². The van der Waals surface area contributed by atoms with Crippen molar-refractivity contribution in [1.29, 1.82) is 0 Å². The van der Waals surface area contributed by atoms with E-state index in [9.17, 15) is 10.0 Å². The third kappa shape index (κ3) is 4.00. The van der Waals surface area contributed by atoms with Gasteiger partial charge >= 0.3 is 0 Å². The number of pyridine rings is 2. The number of hydrogen-bond acceptors (Lipinski definition) is 4. The first-order valence-corrected chi connectivity index (χ1v) is 7.64. The summed E-state index contributed by atoms with van der Waals surface area (Å²) in [6.07, 6.45) is 2.80. The Hall–Kier alpha value is -1.50. The number of carbonyl (C=O) groups is 1. The molecule has 0 aliphatic carbocycles. The zero-order valence-electron chi connectivity index (χ0n) is 11.0. The molecule has 2 aromatic rings. The summed E-state index contributed by atoms with van der Waals surface area (Å²) >= 11 is 13.1. The molecule has 0 radical (unpaired) electrons. The Bertz CT molecular complexity index is 682. The van der Waals surface area contributed by atoms with Gasteiger partial charge in [0.2, 0.25) is 5.91 Å². The van der Waals surface area contributed by atoms with E-state index in [1.165, 1.54) is 12.4 Å². The molecule has 0 spiro atoms. The lowest BCUT2D eigenvalue weighted by Gasteiger charge is -2.08. The SMILES string of the molecule is Cc1c(Cl)cnc(NC(=O)CSc2cccc[n+]2[O-])c1Cl. The molecule has 1 N–H and O–H groups in total. The predicted octanol–water partition coefficient (Wildman–Crippen LogP) is 3.06. The van der Waals surface area contributed by atoms with E-state index in [2.05, 4.69) is 10.3 Å². The maximum atomic E-state index is 11.9. The van der Waals surface area contributed by atoms with Crippen molar-refractivity contribution in [2.45, 2.75) is 11.9 Å². The molecule has 2 aromatic heterocycles. The molecule has 0 unspecified atom stereocenters. The van der Waals surface area contributed by atoms with Crippen LogP contribution < -0.4 is 10.0 Å². The molecule has 0 fully saturated rings. The van der Waals surface area contributed by atoms with Crippen molar-refractivity contribution in [3.05, 3.63) is 51.4 Å². The first-order chi connectivity index (χ1) is 9.99. The van der Waals surface area contributed by atoms with Gasteiger partial charge in [0.15, 0.2) is 12.0 Å². The number of aromatic nitrogens is 2. The minimum atomic E-state index is -0.306. The quantitative estimate of drug-likeness (QED) is 0.526. The number of rotatable bonds is 4. The van der Waals surface area contributed by atoms with Gasteiger partial charge in [0.25, 0.3) is 5.03 Å². The predicted molar refractivity (Wildman–Crippen MR) is 83.7 cm³/mol. The fraction of sp³-hybridized carbons (Fsp3) is 0.154. The summed E-state index contributed by atoms with van der Waals surface area (Å²) in [6, 6.07) is 5.00. The Labute approximate surface area is 135 Å². The number of nitrogens with zero attached hydrogens (tertiary/aromatic N) is 2. The van der Waals surface area contributed by atoms with Crippen LogP contribution in [0.25, 0.3) is 0 Å². The van der Waals surface area contributed by atoms with E-state index in [1.807, 2.05) is 0 Å². The van der Waals surface area contributed by atoms with Gasteiger partial charge in [-0.25, -0.2) is 4.98 Å². The Morgan fingerprint density at radius 1 is 1.48 bits per heavy atom. The summed E-state index contributed by atoms with van der Waals surface area (Å²) in [5, 5.41) is 15.2. The van der Waals surface area contributed by atoms with Crippen molar-refractivity contribution >= 4 is 46.7 Å². The van der Waals surface area contributed by atoms with Gasteiger partial charge in [-0.1, -0.05) is 23.2 Å². The van der Waals surface area contributed by atoms with Crippen LogP contribution in [0, 0.1) is 12.1 Å². The van der Waals surface area contributed by atoms with E-state index in [0.29, 0.717) is 25.4 Å². The number of carbonyl (C=O) groups excluding carboxylic acids is 1. The Kier molecular flexibility index (Phi) is 5.27. The Morgan fingerprint density at radius 3 is 2.95 bits per heavy atom. The molecule has 0 atom stereocenters. The lowest BCUT2D eigenvalue weighted by molar-refractivity contribution is -0.645. The number of anilines is 1. The summed E-state index contributed by atoms with van der Waals surface area (Å²) in [5.41, 5.74) is 0.650. The lowest BCUT2D eigenvalue weighted by atomic mass is 10.3. The van der Waals surface area contributed by atoms with Crippen molar-refractivity contribution in [2.75, 3.05) is 11.1 Å².